The molecule has 5 nitrogen and oxygen atoms in total. The first-order valence-corrected chi connectivity index (χ1v) is 8.30. The van der Waals surface area contributed by atoms with Crippen LogP contribution < -0.4 is 0 Å². The second-order valence-corrected chi connectivity index (χ2v) is 6.22. The van der Waals surface area contributed by atoms with Gasteiger partial charge in [-0.05, 0) is 42.5 Å². The SMILES string of the molecule is N#Cc1cccc(C(=O)N2CCN(C(=O)c3ccc(Cl)cc3)CC2)c1. The van der Waals surface area contributed by atoms with E-state index in [-0.39, 0.29) is 11.8 Å². The molecule has 0 atom stereocenters. The summed E-state index contributed by atoms with van der Waals surface area (Å²) in [7, 11) is 0. The van der Waals surface area contributed by atoms with Gasteiger partial charge in [-0.1, -0.05) is 17.7 Å². The molecule has 3 rings (SSSR count). The average molecular weight is 354 g/mol. The number of halogens is 1. The third-order valence-electron chi connectivity index (χ3n) is 4.18. The number of hydrogen-bond acceptors (Lipinski definition) is 3. The van der Waals surface area contributed by atoms with Crippen molar-refractivity contribution in [1.29, 1.82) is 5.26 Å². The van der Waals surface area contributed by atoms with Crippen LogP contribution in [-0.2, 0) is 0 Å². The van der Waals surface area contributed by atoms with Gasteiger partial charge in [-0.15, -0.1) is 0 Å². The van der Waals surface area contributed by atoms with Gasteiger partial charge < -0.3 is 9.80 Å². The molecule has 6 heteroatoms. The smallest absolute Gasteiger partial charge is 0.254 e. The Morgan fingerprint density at radius 2 is 1.44 bits per heavy atom. The largest absolute Gasteiger partial charge is 0.335 e. The molecule has 126 valence electrons. The van der Waals surface area contributed by atoms with Gasteiger partial charge in [0.15, 0.2) is 0 Å². The van der Waals surface area contributed by atoms with Crippen molar-refractivity contribution in [2.45, 2.75) is 0 Å². The molecule has 2 aromatic rings. The molecule has 0 aliphatic carbocycles. The highest BCUT2D eigenvalue weighted by molar-refractivity contribution is 6.30. The molecule has 1 fully saturated rings. The molecule has 0 N–H and O–H groups in total. The Hall–Kier alpha value is -2.84. The van der Waals surface area contributed by atoms with E-state index in [4.69, 9.17) is 16.9 Å². The fourth-order valence-corrected chi connectivity index (χ4v) is 2.92. The minimum Gasteiger partial charge on any atom is -0.335 e. The molecule has 0 aromatic heterocycles. The summed E-state index contributed by atoms with van der Waals surface area (Å²) in [4.78, 5) is 28.5. The van der Waals surface area contributed by atoms with Gasteiger partial charge in [0.1, 0.15) is 0 Å². The van der Waals surface area contributed by atoms with Gasteiger partial charge in [0.2, 0.25) is 0 Å². The molecule has 1 aliphatic rings. The highest BCUT2D eigenvalue weighted by Gasteiger charge is 2.25. The van der Waals surface area contributed by atoms with Crippen molar-refractivity contribution in [3.05, 3.63) is 70.2 Å². The Labute approximate surface area is 151 Å². The summed E-state index contributed by atoms with van der Waals surface area (Å²) in [6.07, 6.45) is 0. The zero-order valence-electron chi connectivity index (χ0n) is 13.5. The molecule has 0 unspecified atom stereocenters. The third kappa shape index (κ3) is 3.81. The number of carbonyl (C=O) groups is 2. The summed E-state index contributed by atoms with van der Waals surface area (Å²) in [6, 6.07) is 15.5. The molecule has 1 saturated heterocycles. The maximum Gasteiger partial charge on any atom is 0.254 e. The number of carbonyl (C=O) groups excluding carboxylic acids is 2. The van der Waals surface area contributed by atoms with Crippen LogP contribution >= 0.6 is 11.6 Å². The summed E-state index contributed by atoms with van der Waals surface area (Å²) in [6.45, 7) is 1.89. The fourth-order valence-electron chi connectivity index (χ4n) is 2.79. The summed E-state index contributed by atoms with van der Waals surface area (Å²) < 4.78 is 0. The van der Waals surface area contributed by atoms with Crippen molar-refractivity contribution in [3.63, 3.8) is 0 Å². The van der Waals surface area contributed by atoms with Crippen LogP contribution in [0.4, 0.5) is 0 Å². The molecule has 25 heavy (non-hydrogen) atoms. The summed E-state index contributed by atoms with van der Waals surface area (Å²) in [5.74, 6) is -0.175. The first-order chi connectivity index (χ1) is 12.1. The molecule has 0 radical (unpaired) electrons. The molecule has 2 aromatic carbocycles. The van der Waals surface area contributed by atoms with Crippen LogP contribution in [0.15, 0.2) is 48.5 Å². The predicted molar refractivity (Wildman–Crippen MR) is 94.4 cm³/mol. The van der Waals surface area contributed by atoms with E-state index < -0.39 is 0 Å². The van der Waals surface area contributed by atoms with Gasteiger partial charge in [-0.3, -0.25) is 9.59 Å². The van der Waals surface area contributed by atoms with Crippen LogP contribution in [0, 0.1) is 11.3 Å². The van der Waals surface area contributed by atoms with Gasteiger partial charge in [0.05, 0.1) is 11.6 Å². The van der Waals surface area contributed by atoms with Crippen molar-refractivity contribution in [2.75, 3.05) is 26.2 Å². The topological polar surface area (TPSA) is 64.4 Å². The third-order valence-corrected chi connectivity index (χ3v) is 4.44. The van der Waals surface area contributed by atoms with Gasteiger partial charge in [0.25, 0.3) is 11.8 Å². The average Bonchev–Trinajstić information content (AvgIpc) is 2.67. The predicted octanol–water partition coefficient (Wildman–Crippen LogP) is 2.81. The second-order valence-electron chi connectivity index (χ2n) is 5.78. The lowest BCUT2D eigenvalue weighted by molar-refractivity contribution is 0.0535. The van der Waals surface area contributed by atoms with Crippen molar-refractivity contribution in [2.24, 2.45) is 0 Å². The van der Waals surface area contributed by atoms with Crippen LogP contribution in [0.25, 0.3) is 0 Å². The van der Waals surface area contributed by atoms with Crippen LogP contribution in [-0.4, -0.2) is 47.8 Å². The number of nitrogens with zero attached hydrogens (tertiary/aromatic N) is 3. The van der Waals surface area contributed by atoms with E-state index in [2.05, 4.69) is 0 Å². The van der Waals surface area contributed by atoms with E-state index in [1.165, 1.54) is 0 Å². The number of piperazine rings is 1. The maximum atomic E-state index is 12.6. The van der Waals surface area contributed by atoms with Crippen LogP contribution in [0.3, 0.4) is 0 Å². The van der Waals surface area contributed by atoms with Crippen LogP contribution in [0.1, 0.15) is 26.3 Å². The Morgan fingerprint density at radius 3 is 2.00 bits per heavy atom. The van der Waals surface area contributed by atoms with E-state index in [1.54, 1.807) is 58.3 Å². The van der Waals surface area contributed by atoms with E-state index in [9.17, 15) is 9.59 Å². The normalized spacial score (nSPS) is 14.1. The van der Waals surface area contributed by atoms with E-state index >= 15 is 0 Å². The van der Waals surface area contributed by atoms with Crippen molar-refractivity contribution >= 4 is 23.4 Å². The van der Waals surface area contributed by atoms with Gasteiger partial charge >= 0.3 is 0 Å². The highest BCUT2D eigenvalue weighted by atomic mass is 35.5. The first kappa shape index (κ1) is 17.0. The summed E-state index contributed by atoms with van der Waals surface area (Å²) >= 11 is 5.85. The maximum absolute atomic E-state index is 12.6. The lowest BCUT2D eigenvalue weighted by atomic mass is 10.1. The van der Waals surface area contributed by atoms with E-state index in [1.807, 2.05) is 6.07 Å². The number of nitriles is 1. The zero-order chi connectivity index (χ0) is 17.8. The number of benzene rings is 2. The molecular weight excluding hydrogens is 338 g/mol. The Bertz CT molecular complexity index is 834. The standard InChI is InChI=1S/C19H16ClN3O2/c20-17-6-4-15(5-7-17)18(24)22-8-10-23(11-9-22)19(25)16-3-1-2-14(12-16)13-21/h1-7,12H,8-11H2. The van der Waals surface area contributed by atoms with Crippen molar-refractivity contribution < 1.29 is 9.59 Å². The quantitative estimate of drug-likeness (QED) is 0.834. The Balaban J connectivity index is 1.63. The number of hydrogen-bond donors (Lipinski definition) is 0. The minimum absolute atomic E-state index is 0.0600. The van der Waals surface area contributed by atoms with Crippen molar-refractivity contribution in [1.82, 2.24) is 9.80 Å². The zero-order valence-corrected chi connectivity index (χ0v) is 14.2. The van der Waals surface area contributed by atoms with E-state index in [0.717, 1.165) is 0 Å². The lowest BCUT2D eigenvalue weighted by Crippen LogP contribution is -2.50. The van der Waals surface area contributed by atoms with Crippen LogP contribution in [0.2, 0.25) is 5.02 Å². The Morgan fingerprint density at radius 1 is 0.880 bits per heavy atom. The lowest BCUT2D eigenvalue weighted by Gasteiger charge is -2.35. The van der Waals surface area contributed by atoms with Crippen LogP contribution in [0.5, 0.6) is 0 Å². The van der Waals surface area contributed by atoms with Gasteiger partial charge in [-0.25, -0.2) is 0 Å². The van der Waals surface area contributed by atoms with Crippen molar-refractivity contribution in [3.8, 4) is 6.07 Å². The summed E-state index contributed by atoms with van der Waals surface area (Å²) in [5.41, 5.74) is 1.55. The number of rotatable bonds is 2. The fraction of sp³-hybridized carbons (Fsp3) is 0.211. The first-order valence-electron chi connectivity index (χ1n) is 7.93. The molecular formula is C19H16ClN3O2. The Kier molecular flexibility index (Phi) is 5.01. The van der Waals surface area contributed by atoms with Gasteiger partial charge in [-0.2, -0.15) is 5.26 Å². The number of amides is 2. The molecule has 2 amide bonds. The molecule has 0 bridgehead atoms. The second kappa shape index (κ2) is 7.37. The monoisotopic (exact) mass is 353 g/mol. The molecule has 0 saturated carbocycles. The minimum atomic E-state index is -0.115. The molecule has 1 aliphatic heterocycles. The van der Waals surface area contributed by atoms with E-state index in [0.29, 0.717) is 47.9 Å². The molecule has 1 heterocycles. The van der Waals surface area contributed by atoms with Gasteiger partial charge in [0, 0.05) is 42.3 Å². The molecule has 0 spiro atoms. The highest BCUT2D eigenvalue weighted by Crippen LogP contribution is 2.15. The summed E-state index contributed by atoms with van der Waals surface area (Å²) in [5, 5.41) is 9.54.